The molecule has 25 nitrogen and oxygen atoms in total. The third kappa shape index (κ3) is 10.7. The molecule has 11 N–H and O–H groups in total. The number of ether oxygens (including phenoxy) is 12. The van der Waals surface area contributed by atoms with Crippen LogP contribution in [-0.2, 0) is 66.4 Å². The summed E-state index contributed by atoms with van der Waals surface area (Å²) in [5.41, 5.74) is -1.23. The standard InChI is InChI=1S/C58H90O25/c1-24(2)11-10-16-57(8)47-28(60)19-56(7)27-12-13-33-54(4,5)34(15-17-55(33,6)26(27)14-18-58(47,56)53(71)83-57)78-51-45(36(65)30(62)22-75-51)82-52-46(81-48-38(67)35(64)29(61)21-73-48)39(68)42(25(3)76-52)79-49-40(69)43(31(63)23-74-49)80-50-41(70)44(72-9)37(66)32(20-59)77-50/h12,25-26,29-52,59,61-70H,1,10-11,13-23H2,2-9H3. The van der Waals surface area contributed by atoms with Gasteiger partial charge >= 0.3 is 5.97 Å². The number of hydrogen-bond acceptors (Lipinski definition) is 25. The van der Waals surface area contributed by atoms with Crippen LogP contribution in [0.2, 0.25) is 0 Å². The molecular formula is C58H90O25. The largest absolute Gasteiger partial charge is 0.458 e. The molecule has 9 fully saturated rings. The van der Waals surface area contributed by atoms with Gasteiger partial charge in [0.25, 0.3) is 0 Å². The fourth-order valence-electron chi connectivity index (χ4n) is 16.7. The van der Waals surface area contributed by atoms with E-state index in [4.69, 9.17) is 56.8 Å². The Labute approximate surface area is 483 Å². The van der Waals surface area contributed by atoms with E-state index in [-0.39, 0.29) is 42.0 Å². The second-order valence-corrected chi connectivity index (χ2v) is 26.7. The van der Waals surface area contributed by atoms with E-state index in [9.17, 15) is 65.8 Å². The number of aliphatic hydroxyl groups is 11. The molecule has 30 unspecified atom stereocenters. The van der Waals surface area contributed by atoms with Crippen LogP contribution in [0, 0.1) is 39.4 Å². The Morgan fingerprint density at radius 3 is 1.94 bits per heavy atom. The maximum Gasteiger partial charge on any atom is 0.314 e. The first-order chi connectivity index (χ1) is 39.1. The second kappa shape index (κ2) is 23.9. The molecule has 6 heterocycles. The summed E-state index contributed by atoms with van der Waals surface area (Å²) in [4.78, 5) is 28.8. The summed E-state index contributed by atoms with van der Waals surface area (Å²) in [6.45, 7) is 16.0. The Morgan fingerprint density at radius 1 is 0.663 bits per heavy atom. The predicted octanol–water partition coefficient (Wildman–Crippen LogP) is -1.11. The van der Waals surface area contributed by atoms with E-state index in [1.54, 1.807) is 0 Å². The van der Waals surface area contributed by atoms with Crippen molar-refractivity contribution < 1.29 is 123 Å². The molecule has 4 aliphatic carbocycles. The molecule has 0 amide bonds. The zero-order chi connectivity index (χ0) is 60.2. The first-order valence-corrected chi connectivity index (χ1v) is 29.6. The van der Waals surface area contributed by atoms with Crippen molar-refractivity contribution in [1.29, 1.82) is 0 Å². The lowest BCUT2D eigenvalue weighted by Gasteiger charge is -2.63. The van der Waals surface area contributed by atoms with Gasteiger partial charge in [-0.05, 0) is 94.8 Å². The molecule has 25 heteroatoms. The zero-order valence-electron chi connectivity index (χ0n) is 48.6. The number of rotatable bonds is 16. The molecule has 30 atom stereocenters. The van der Waals surface area contributed by atoms with Crippen LogP contribution < -0.4 is 0 Å². The van der Waals surface area contributed by atoms with Gasteiger partial charge in [0, 0.05) is 18.9 Å². The number of esters is 1. The zero-order valence-corrected chi connectivity index (χ0v) is 48.6. The van der Waals surface area contributed by atoms with E-state index in [2.05, 4.69) is 40.3 Å². The molecule has 6 saturated heterocycles. The van der Waals surface area contributed by atoms with E-state index >= 15 is 0 Å². The van der Waals surface area contributed by atoms with Gasteiger partial charge in [-0.1, -0.05) is 44.9 Å². The number of allylic oxidation sites excluding steroid dienone is 3. The molecule has 0 bridgehead atoms. The Kier molecular flexibility index (Phi) is 18.4. The highest BCUT2D eigenvalue weighted by Crippen LogP contribution is 2.75. The topological polar surface area (TPSA) is 367 Å². The molecule has 10 rings (SSSR count). The summed E-state index contributed by atoms with van der Waals surface area (Å²) < 4.78 is 72.5. The first kappa shape index (κ1) is 63.7. The fraction of sp³-hybridized carbons (Fsp3) is 0.897. The van der Waals surface area contributed by atoms with Crippen LogP contribution in [0.15, 0.2) is 23.8 Å². The molecule has 0 aromatic heterocycles. The van der Waals surface area contributed by atoms with Crippen LogP contribution in [0.25, 0.3) is 0 Å². The fourth-order valence-corrected chi connectivity index (χ4v) is 16.7. The van der Waals surface area contributed by atoms with E-state index < -0.39 is 189 Å². The number of hydrogen-bond donors (Lipinski definition) is 11. The van der Waals surface area contributed by atoms with Crippen molar-refractivity contribution in [2.45, 2.75) is 253 Å². The van der Waals surface area contributed by atoms with Crippen LogP contribution in [0.3, 0.4) is 0 Å². The number of aliphatic hydroxyl groups excluding tert-OH is 11. The SMILES string of the molecule is C=C(C)CCCC1(C)OC(=O)C23CCC4C(=CCC5C(C)(C)C(OC6OCC(O)C(O)C6OC6OC(C)C(OC7OCC(O)C(OC8OC(CO)C(O)C(OC)C8O)C7O)C(O)C6OC6OCC(O)C(O)C6O)CCC45C)C2(C)CC(=O)C13. The number of methoxy groups -OCH3 is 1. The lowest BCUT2D eigenvalue weighted by Crippen LogP contribution is -2.67. The molecule has 0 aromatic carbocycles. The van der Waals surface area contributed by atoms with Crippen molar-refractivity contribution in [3.05, 3.63) is 23.8 Å². The van der Waals surface area contributed by atoms with E-state index in [1.165, 1.54) is 14.0 Å². The third-order valence-electron chi connectivity index (χ3n) is 21.2. The number of ketones is 1. The summed E-state index contributed by atoms with van der Waals surface area (Å²) >= 11 is 0. The Balaban J connectivity index is 0.866. The number of fused-ring (bicyclic) bond motifs is 4. The van der Waals surface area contributed by atoms with Crippen molar-refractivity contribution in [2.75, 3.05) is 33.5 Å². The van der Waals surface area contributed by atoms with Crippen LogP contribution in [0.5, 0.6) is 0 Å². The lowest BCUT2D eigenvalue weighted by atomic mass is 9.41. The van der Waals surface area contributed by atoms with Crippen molar-refractivity contribution in [3.63, 3.8) is 0 Å². The highest BCUT2D eigenvalue weighted by atomic mass is 16.8. The van der Waals surface area contributed by atoms with Crippen molar-refractivity contribution >= 4 is 11.8 Å². The summed E-state index contributed by atoms with van der Waals surface area (Å²) in [6.07, 6.45) is -27.8. The Hall–Kier alpha value is -2.26. The molecule has 3 saturated carbocycles. The van der Waals surface area contributed by atoms with Gasteiger partial charge < -0.3 is 113 Å². The monoisotopic (exact) mass is 1190 g/mol. The van der Waals surface area contributed by atoms with Crippen LogP contribution in [0.1, 0.15) is 106 Å². The molecule has 0 radical (unpaired) electrons. The number of cyclic esters (lactones) is 1. The van der Waals surface area contributed by atoms with Crippen LogP contribution in [0.4, 0.5) is 0 Å². The molecule has 0 aromatic rings. The van der Waals surface area contributed by atoms with Gasteiger partial charge in [-0.2, -0.15) is 0 Å². The molecule has 10 aliphatic rings. The van der Waals surface area contributed by atoms with Gasteiger partial charge in [0.1, 0.15) is 109 Å². The maximum atomic E-state index is 14.4. The molecule has 83 heavy (non-hydrogen) atoms. The Bertz CT molecular complexity index is 2380. The quantitative estimate of drug-likeness (QED) is 0.0645. The maximum absolute atomic E-state index is 14.4. The first-order valence-electron chi connectivity index (χ1n) is 29.6. The van der Waals surface area contributed by atoms with Gasteiger partial charge in [0.15, 0.2) is 31.5 Å². The molecular weight excluding hydrogens is 1100 g/mol. The average molecular weight is 1190 g/mol. The second-order valence-electron chi connectivity index (χ2n) is 26.7. The number of Topliss-reactive ketones (excluding diaryl/α,β-unsaturated/α-hetero) is 1. The average Bonchev–Trinajstić information content (AvgIpc) is 1.76. The summed E-state index contributed by atoms with van der Waals surface area (Å²) in [5.74, 6) is -0.643. The van der Waals surface area contributed by atoms with Crippen LogP contribution in [-0.4, -0.2) is 248 Å². The van der Waals surface area contributed by atoms with E-state index in [1.807, 2.05) is 13.8 Å². The normalized spacial score (nSPS) is 52.4. The van der Waals surface area contributed by atoms with Crippen molar-refractivity contribution in [1.82, 2.24) is 0 Å². The molecule has 472 valence electrons. The lowest BCUT2D eigenvalue weighted by molar-refractivity contribution is -0.399. The Morgan fingerprint density at radius 2 is 1.27 bits per heavy atom. The number of carbonyl (C=O) groups excluding carboxylic acids is 2. The van der Waals surface area contributed by atoms with Crippen molar-refractivity contribution in [3.8, 4) is 0 Å². The van der Waals surface area contributed by atoms with E-state index in [0.717, 1.165) is 24.0 Å². The summed E-state index contributed by atoms with van der Waals surface area (Å²) in [5, 5.41) is 121. The van der Waals surface area contributed by atoms with Gasteiger partial charge in [0.05, 0.1) is 50.0 Å². The highest BCUT2D eigenvalue weighted by molar-refractivity contribution is 5.99. The summed E-state index contributed by atoms with van der Waals surface area (Å²) in [6, 6.07) is 0. The van der Waals surface area contributed by atoms with Gasteiger partial charge in [-0.3, -0.25) is 9.59 Å². The summed E-state index contributed by atoms with van der Waals surface area (Å²) in [7, 11) is 1.21. The smallest absolute Gasteiger partial charge is 0.314 e. The minimum atomic E-state index is -1.88. The third-order valence-corrected chi connectivity index (χ3v) is 21.2. The minimum absolute atomic E-state index is 0.0252. The number of carbonyl (C=O) groups is 2. The van der Waals surface area contributed by atoms with Gasteiger partial charge in [-0.15, -0.1) is 6.58 Å². The molecule has 6 aliphatic heterocycles. The minimum Gasteiger partial charge on any atom is -0.458 e. The van der Waals surface area contributed by atoms with Crippen LogP contribution >= 0.6 is 0 Å². The van der Waals surface area contributed by atoms with Gasteiger partial charge in [-0.25, -0.2) is 0 Å². The van der Waals surface area contributed by atoms with Gasteiger partial charge in [0.2, 0.25) is 0 Å². The molecule has 1 spiro atoms. The van der Waals surface area contributed by atoms with Crippen molar-refractivity contribution in [2.24, 2.45) is 39.4 Å². The predicted molar refractivity (Wildman–Crippen MR) is 281 cm³/mol. The van der Waals surface area contributed by atoms with E-state index in [0.29, 0.717) is 38.5 Å². The highest BCUT2D eigenvalue weighted by Gasteiger charge is 2.79.